The van der Waals surface area contributed by atoms with Gasteiger partial charge >= 0.3 is 0 Å². The monoisotopic (exact) mass is 302 g/mol. The standard InChI is InChI=1S/C8H16N4O2.C5H10O2/c1-13-7-14-6-8(5-11-12-9)2-3-10-4-8;1-5(2,3)7-4-6/h10H,2-7H2,1H3;4H,1-3H3. The van der Waals surface area contributed by atoms with E-state index in [1.165, 1.54) is 0 Å². The van der Waals surface area contributed by atoms with Gasteiger partial charge in [0.2, 0.25) is 0 Å². The van der Waals surface area contributed by atoms with Crippen molar-refractivity contribution >= 4 is 6.47 Å². The summed E-state index contributed by atoms with van der Waals surface area (Å²) in [5.41, 5.74) is 7.93. The van der Waals surface area contributed by atoms with Crippen LogP contribution < -0.4 is 5.32 Å². The number of hydrogen-bond donors (Lipinski definition) is 1. The first-order valence-corrected chi connectivity index (χ1v) is 6.79. The highest BCUT2D eigenvalue weighted by atomic mass is 16.7. The second kappa shape index (κ2) is 10.4. The van der Waals surface area contributed by atoms with Crippen LogP contribution in [-0.4, -0.2) is 52.2 Å². The molecular formula is C13H26N4O4. The fourth-order valence-corrected chi connectivity index (χ4v) is 1.77. The van der Waals surface area contributed by atoms with Gasteiger partial charge in [-0.3, -0.25) is 4.79 Å². The van der Waals surface area contributed by atoms with Crippen molar-refractivity contribution in [3.8, 4) is 0 Å². The average molecular weight is 302 g/mol. The lowest BCUT2D eigenvalue weighted by molar-refractivity contribution is -0.138. The van der Waals surface area contributed by atoms with Gasteiger partial charge in [0.05, 0.1) is 6.61 Å². The quantitative estimate of drug-likeness (QED) is 0.193. The summed E-state index contributed by atoms with van der Waals surface area (Å²) in [6.45, 7) is 9.07. The van der Waals surface area contributed by atoms with E-state index >= 15 is 0 Å². The van der Waals surface area contributed by atoms with Crippen LogP contribution in [0.25, 0.3) is 10.4 Å². The van der Waals surface area contributed by atoms with Gasteiger partial charge in [0.15, 0.2) is 0 Å². The zero-order valence-electron chi connectivity index (χ0n) is 13.3. The molecule has 0 aliphatic carbocycles. The minimum absolute atomic E-state index is 0.0369. The van der Waals surface area contributed by atoms with E-state index in [-0.39, 0.29) is 17.8 Å². The molecule has 0 aromatic carbocycles. The van der Waals surface area contributed by atoms with Gasteiger partial charge in [0.25, 0.3) is 6.47 Å². The van der Waals surface area contributed by atoms with Gasteiger partial charge in [0.1, 0.15) is 12.4 Å². The van der Waals surface area contributed by atoms with Gasteiger partial charge < -0.3 is 19.5 Å². The van der Waals surface area contributed by atoms with Crippen molar-refractivity contribution in [2.45, 2.75) is 32.8 Å². The Bertz CT molecular complexity index is 332. The van der Waals surface area contributed by atoms with Crippen LogP contribution in [0, 0.1) is 5.41 Å². The summed E-state index contributed by atoms with van der Waals surface area (Å²) < 4.78 is 14.7. The van der Waals surface area contributed by atoms with Gasteiger partial charge in [-0.1, -0.05) is 5.11 Å². The number of ether oxygens (including phenoxy) is 3. The molecule has 0 bridgehead atoms. The van der Waals surface area contributed by atoms with E-state index in [9.17, 15) is 4.79 Å². The van der Waals surface area contributed by atoms with Gasteiger partial charge in [-0.25, -0.2) is 0 Å². The number of rotatable bonds is 7. The van der Waals surface area contributed by atoms with E-state index in [2.05, 4.69) is 20.1 Å². The van der Waals surface area contributed by atoms with Crippen LogP contribution in [0.4, 0.5) is 0 Å². The molecule has 1 aliphatic rings. The van der Waals surface area contributed by atoms with Crippen LogP contribution in [0.1, 0.15) is 27.2 Å². The molecule has 0 aromatic heterocycles. The number of hydrogen-bond acceptors (Lipinski definition) is 6. The average Bonchev–Trinajstić information content (AvgIpc) is 2.85. The molecule has 0 saturated carbocycles. The summed E-state index contributed by atoms with van der Waals surface area (Å²) in [5.74, 6) is 0. The molecule has 1 fully saturated rings. The van der Waals surface area contributed by atoms with Gasteiger partial charge in [0, 0.05) is 30.5 Å². The van der Waals surface area contributed by atoms with Crippen molar-refractivity contribution in [2.75, 3.05) is 40.1 Å². The third-order valence-electron chi connectivity index (χ3n) is 2.81. The molecule has 21 heavy (non-hydrogen) atoms. The molecule has 8 nitrogen and oxygen atoms in total. The second-order valence-corrected chi connectivity index (χ2v) is 5.90. The summed E-state index contributed by atoms with van der Waals surface area (Å²) in [6.07, 6.45) is 0.982. The number of carbonyl (C=O) groups excluding carboxylic acids is 1. The van der Waals surface area contributed by atoms with E-state index in [0.717, 1.165) is 19.5 Å². The highest BCUT2D eigenvalue weighted by Crippen LogP contribution is 2.26. The van der Waals surface area contributed by atoms with E-state index in [0.29, 0.717) is 19.6 Å². The summed E-state index contributed by atoms with van der Waals surface area (Å²) in [7, 11) is 1.59. The summed E-state index contributed by atoms with van der Waals surface area (Å²) in [6, 6.07) is 0. The predicted molar refractivity (Wildman–Crippen MR) is 78.7 cm³/mol. The van der Waals surface area contributed by atoms with Crippen LogP contribution in [0.2, 0.25) is 0 Å². The Morgan fingerprint density at radius 1 is 1.48 bits per heavy atom. The molecule has 0 radical (unpaired) electrons. The maximum absolute atomic E-state index is 9.60. The first-order chi connectivity index (χ1) is 9.89. The third kappa shape index (κ3) is 10.1. The van der Waals surface area contributed by atoms with Crippen molar-refractivity contribution in [2.24, 2.45) is 10.5 Å². The first kappa shape index (κ1) is 19.7. The van der Waals surface area contributed by atoms with Crippen molar-refractivity contribution in [1.29, 1.82) is 0 Å². The molecule has 1 aliphatic heterocycles. The SMILES string of the molecule is CC(C)(C)OC=O.COCOCC1(CN=[N+]=[N-])CCNC1. The molecule has 1 saturated heterocycles. The van der Waals surface area contributed by atoms with Crippen molar-refractivity contribution in [3.63, 3.8) is 0 Å². The minimum Gasteiger partial charge on any atom is -0.462 e. The second-order valence-electron chi connectivity index (χ2n) is 5.90. The van der Waals surface area contributed by atoms with Gasteiger partial charge in [-0.15, -0.1) is 0 Å². The molecule has 1 N–H and O–H groups in total. The minimum atomic E-state index is -0.318. The molecule has 0 aromatic rings. The highest BCUT2D eigenvalue weighted by molar-refractivity contribution is 5.37. The van der Waals surface area contributed by atoms with Crippen LogP contribution in [0.15, 0.2) is 5.11 Å². The number of carbonyl (C=O) groups is 1. The Labute approximate surface area is 125 Å². The molecule has 0 amide bonds. The molecule has 1 unspecified atom stereocenters. The van der Waals surface area contributed by atoms with E-state index in [4.69, 9.17) is 15.0 Å². The fraction of sp³-hybridized carbons (Fsp3) is 0.923. The Morgan fingerprint density at radius 2 is 2.19 bits per heavy atom. The largest absolute Gasteiger partial charge is 0.462 e. The van der Waals surface area contributed by atoms with E-state index < -0.39 is 0 Å². The molecule has 1 atom stereocenters. The maximum atomic E-state index is 9.60. The molecule has 0 spiro atoms. The van der Waals surface area contributed by atoms with Crippen molar-refractivity contribution in [1.82, 2.24) is 5.32 Å². The zero-order chi connectivity index (χ0) is 16.2. The Hall–Kier alpha value is -1.34. The summed E-state index contributed by atoms with van der Waals surface area (Å²) in [5, 5.41) is 6.87. The third-order valence-corrected chi connectivity index (χ3v) is 2.81. The molecule has 1 rings (SSSR count). The molecule has 1 heterocycles. The lowest BCUT2D eigenvalue weighted by Crippen LogP contribution is -2.33. The first-order valence-electron chi connectivity index (χ1n) is 6.79. The Balaban J connectivity index is 0.000000486. The van der Waals surface area contributed by atoms with Crippen LogP contribution in [0.5, 0.6) is 0 Å². The zero-order valence-corrected chi connectivity index (χ0v) is 13.3. The number of nitrogens with zero attached hydrogens (tertiary/aromatic N) is 3. The number of nitrogens with one attached hydrogen (secondary N) is 1. The number of azide groups is 1. The van der Waals surface area contributed by atoms with Crippen LogP contribution >= 0.6 is 0 Å². The van der Waals surface area contributed by atoms with Crippen LogP contribution in [-0.2, 0) is 19.0 Å². The number of methoxy groups -OCH3 is 1. The Morgan fingerprint density at radius 3 is 2.57 bits per heavy atom. The Kier molecular flexibility index (Phi) is 9.73. The van der Waals surface area contributed by atoms with Crippen molar-refractivity contribution in [3.05, 3.63) is 10.4 Å². The van der Waals surface area contributed by atoms with E-state index in [1.807, 2.05) is 20.8 Å². The van der Waals surface area contributed by atoms with Crippen molar-refractivity contribution < 1.29 is 19.0 Å². The summed E-state index contributed by atoms with van der Waals surface area (Å²) in [4.78, 5) is 12.4. The lowest BCUT2D eigenvalue weighted by Gasteiger charge is -2.25. The highest BCUT2D eigenvalue weighted by Gasteiger charge is 2.33. The van der Waals surface area contributed by atoms with E-state index in [1.54, 1.807) is 7.11 Å². The smallest absolute Gasteiger partial charge is 0.293 e. The predicted octanol–water partition coefficient (Wildman–Crippen LogP) is 1.85. The normalized spacial score (nSPS) is 21.0. The maximum Gasteiger partial charge on any atom is 0.293 e. The summed E-state index contributed by atoms with van der Waals surface area (Å²) >= 11 is 0. The molecular weight excluding hydrogens is 276 g/mol. The molecule has 8 heteroatoms. The van der Waals surface area contributed by atoms with Gasteiger partial charge in [-0.05, 0) is 39.3 Å². The van der Waals surface area contributed by atoms with Gasteiger partial charge in [-0.2, -0.15) is 0 Å². The molecule has 122 valence electrons. The fourth-order valence-electron chi connectivity index (χ4n) is 1.77. The lowest BCUT2D eigenvalue weighted by atomic mass is 9.88. The van der Waals surface area contributed by atoms with Crippen LogP contribution in [0.3, 0.4) is 0 Å². The topological polar surface area (TPSA) is 106 Å².